The molecule has 6 nitrogen and oxygen atoms in total. The lowest BCUT2D eigenvalue weighted by Crippen LogP contribution is -2.39. The second kappa shape index (κ2) is 6.34. The summed E-state index contributed by atoms with van der Waals surface area (Å²) in [5, 5.41) is 7.26. The highest BCUT2D eigenvalue weighted by Crippen LogP contribution is 2.38. The quantitative estimate of drug-likeness (QED) is 0.894. The summed E-state index contributed by atoms with van der Waals surface area (Å²) in [5.74, 6) is 0.143. The number of likely N-dealkylation sites (N-methyl/N-ethyl adjacent to an activating group) is 1. The highest BCUT2D eigenvalue weighted by Gasteiger charge is 2.43. The van der Waals surface area contributed by atoms with Gasteiger partial charge in [0.2, 0.25) is 5.91 Å². The van der Waals surface area contributed by atoms with Gasteiger partial charge in [0.15, 0.2) is 0 Å². The molecule has 1 aromatic rings. The summed E-state index contributed by atoms with van der Waals surface area (Å²) in [6.07, 6.45) is 5.78. The molecule has 2 aliphatic rings. The summed E-state index contributed by atoms with van der Waals surface area (Å²) in [4.78, 5) is 14.7. The molecule has 1 N–H and O–H groups in total. The van der Waals surface area contributed by atoms with Gasteiger partial charge in [-0.15, -0.1) is 12.4 Å². The summed E-state index contributed by atoms with van der Waals surface area (Å²) in [6, 6.07) is -0.304. The minimum absolute atomic E-state index is 0. The first-order valence-electron chi connectivity index (χ1n) is 7.16. The number of nitrogens with one attached hydrogen (secondary N) is 1. The van der Waals surface area contributed by atoms with Gasteiger partial charge >= 0.3 is 0 Å². The summed E-state index contributed by atoms with van der Waals surface area (Å²) >= 11 is 0. The van der Waals surface area contributed by atoms with Gasteiger partial charge in [-0.05, 0) is 19.9 Å². The van der Waals surface area contributed by atoms with Crippen LogP contribution in [0.4, 0.5) is 0 Å². The summed E-state index contributed by atoms with van der Waals surface area (Å²) in [5.41, 5.74) is 1.13. The Balaban J connectivity index is 0.00000161. The molecule has 7 heteroatoms. The fourth-order valence-electron chi connectivity index (χ4n) is 3.30. The molecule has 2 saturated heterocycles. The molecule has 2 aliphatic heterocycles. The number of carbonyl (C=O) groups is 1. The van der Waals surface area contributed by atoms with Gasteiger partial charge < -0.3 is 15.0 Å². The van der Waals surface area contributed by atoms with Crippen LogP contribution in [0.1, 0.15) is 24.4 Å². The van der Waals surface area contributed by atoms with Crippen LogP contribution in [0.2, 0.25) is 0 Å². The van der Waals surface area contributed by atoms with Crippen molar-refractivity contribution < 1.29 is 9.53 Å². The first kappa shape index (κ1) is 16.3. The van der Waals surface area contributed by atoms with Gasteiger partial charge in [0.05, 0.1) is 12.8 Å². The average Bonchev–Trinajstić information content (AvgIpc) is 3.15. The summed E-state index contributed by atoms with van der Waals surface area (Å²) in [7, 11) is 3.68. The number of hydrogen-bond donors (Lipinski definition) is 1. The molecular weight excluding hydrogens is 292 g/mol. The topological polar surface area (TPSA) is 59.4 Å². The minimum Gasteiger partial charge on any atom is -0.381 e. The van der Waals surface area contributed by atoms with E-state index in [4.69, 9.17) is 4.74 Å². The Kier molecular flexibility index (Phi) is 4.91. The molecule has 2 unspecified atom stereocenters. The molecule has 0 bridgehead atoms. The molecule has 118 valence electrons. The van der Waals surface area contributed by atoms with E-state index in [1.54, 1.807) is 10.9 Å². The Morgan fingerprint density at radius 2 is 2.33 bits per heavy atom. The predicted molar refractivity (Wildman–Crippen MR) is 81.3 cm³/mol. The molecule has 3 heterocycles. The number of ether oxygens (including phenoxy) is 1. The molecule has 21 heavy (non-hydrogen) atoms. The Morgan fingerprint density at radius 1 is 1.52 bits per heavy atom. The van der Waals surface area contributed by atoms with E-state index in [0.29, 0.717) is 0 Å². The van der Waals surface area contributed by atoms with Crippen molar-refractivity contribution in [3.8, 4) is 0 Å². The number of halogens is 1. The van der Waals surface area contributed by atoms with Crippen molar-refractivity contribution in [2.24, 2.45) is 12.5 Å². The van der Waals surface area contributed by atoms with Gasteiger partial charge in [-0.25, -0.2) is 0 Å². The third-order valence-corrected chi connectivity index (χ3v) is 4.53. The van der Waals surface area contributed by atoms with E-state index in [1.165, 1.54) is 0 Å². The maximum atomic E-state index is 12.7. The molecule has 0 radical (unpaired) electrons. The highest BCUT2D eigenvalue weighted by molar-refractivity contribution is 5.85. The smallest absolute Gasteiger partial charge is 0.244 e. The van der Waals surface area contributed by atoms with Crippen LogP contribution >= 0.6 is 12.4 Å². The molecule has 1 aromatic heterocycles. The molecule has 0 aromatic carbocycles. The number of hydrogen-bond acceptors (Lipinski definition) is 4. The van der Waals surface area contributed by atoms with Crippen molar-refractivity contribution >= 4 is 18.3 Å². The van der Waals surface area contributed by atoms with Crippen molar-refractivity contribution in [2.45, 2.75) is 18.9 Å². The number of carbonyl (C=O) groups excluding carboxylic acids is 1. The maximum Gasteiger partial charge on any atom is 0.244 e. The maximum absolute atomic E-state index is 12.7. The van der Waals surface area contributed by atoms with Gasteiger partial charge in [-0.2, -0.15) is 5.10 Å². The number of aromatic nitrogens is 2. The van der Waals surface area contributed by atoms with Crippen molar-refractivity contribution in [3.05, 3.63) is 18.0 Å². The van der Waals surface area contributed by atoms with Crippen molar-refractivity contribution in [2.75, 3.05) is 33.4 Å². The molecule has 0 aliphatic carbocycles. The largest absolute Gasteiger partial charge is 0.381 e. The van der Waals surface area contributed by atoms with Crippen LogP contribution in [0.5, 0.6) is 0 Å². The van der Waals surface area contributed by atoms with E-state index in [2.05, 4.69) is 10.4 Å². The van der Waals surface area contributed by atoms with Crippen LogP contribution in [-0.4, -0.2) is 53.9 Å². The van der Waals surface area contributed by atoms with Crippen molar-refractivity contribution in [1.82, 2.24) is 20.0 Å². The number of aryl methyl sites for hydroxylation is 1. The molecule has 3 rings (SSSR count). The zero-order chi connectivity index (χ0) is 14.2. The second-order valence-electron chi connectivity index (χ2n) is 5.98. The summed E-state index contributed by atoms with van der Waals surface area (Å²) in [6.45, 7) is 3.29. The Bertz CT molecular complexity index is 499. The van der Waals surface area contributed by atoms with Gasteiger partial charge in [0.1, 0.15) is 6.04 Å². The monoisotopic (exact) mass is 314 g/mol. The Morgan fingerprint density at radius 3 is 2.90 bits per heavy atom. The van der Waals surface area contributed by atoms with E-state index in [-0.39, 0.29) is 29.8 Å². The highest BCUT2D eigenvalue weighted by atomic mass is 35.5. The SMILES string of the molecule is CNC(C(=O)N1CCC2(CCOC2)C1)c1cnn(C)c1.Cl. The van der Waals surface area contributed by atoms with Crippen LogP contribution in [0, 0.1) is 5.41 Å². The van der Waals surface area contributed by atoms with E-state index < -0.39 is 0 Å². The van der Waals surface area contributed by atoms with E-state index in [0.717, 1.165) is 44.7 Å². The lowest BCUT2D eigenvalue weighted by atomic mass is 9.87. The van der Waals surface area contributed by atoms with Crippen molar-refractivity contribution in [3.63, 3.8) is 0 Å². The Labute approximate surface area is 131 Å². The third kappa shape index (κ3) is 3.07. The first-order valence-corrected chi connectivity index (χ1v) is 7.16. The van der Waals surface area contributed by atoms with Gasteiger partial charge in [0.25, 0.3) is 0 Å². The predicted octanol–water partition coefficient (Wildman–Crippen LogP) is 0.741. The standard InChI is InChI=1S/C14H22N4O2.ClH/c1-15-12(11-7-16-17(2)8-11)13(19)18-5-3-14(9-18)4-6-20-10-14;/h7-8,12,15H,3-6,9-10H2,1-2H3;1H. The zero-order valence-electron chi connectivity index (χ0n) is 12.5. The third-order valence-electron chi connectivity index (χ3n) is 4.53. The molecule has 1 spiro atoms. The fourth-order valence-corrected chi connectivity index (χ4v) is 3.30. The molecular formula is C14H23ClN4O2. The molecule has 2 atom stereocenters. The van der Waals surface area contributed by atoms with Crippen molar-refractivity contribution in [1.29, 1.82) is 0 Å². The van der Waals surface area contributed by atoms with Crippen LogP contribution in [0.25, 0.3) is 0 Å². The van der Waals surface area contributed by atoms with E-state index in [9.17, 15) is 4.79 Å². The number of likely N-dealkylation sites (tertiary alicyclic amines) is 1. The van der Waals surface area contributed by atoms with Gasteiger partial charge in [0, 0.05) is 43.9 Å². The average molecular weight is 315 g/mol. The fraction of sp³-hybridized carbons (Fsp3) is 0.714. The number of amides is 1. The van der Waals surface area contributed by atoms with Gasteiger partial charge in [-0.3, -0.25) is 9.48 Å². The molecule has 2 fully saturated rings. The number of rotatable bonds is 3. The van der Waals surface area contributed by atoms with E-state index in [1.807, 2.05) is 25.2 Å². The van der Waals surface area contributed by atoms with Crippen LogP contribution in [0.3, 0.4) is 0 Å². The zero-order valence-corrected chi connectivity index (χ0v) is 13.4. The minimum atomic E-state index is -0.304. The van der Waals surface area contributed by atoms with Crippen LogP contribution < -0.4 is 5.32 Å². The van der Waals surface area contributed by atoms with E-state index >= 15 is 0 Å². The normalized spacial score (nSPS) is 26.1. The summed E-state index contributed by atoms with van der Waals surface area (Å²) < 4.78 is 7.24. The lowest BCUT2D eigenvalue weighted by molar-refractivity contribution is -0.132. The first-order chi connectivity index (χ1) is 9.63. The van der Waals surface area contributed by atoms with Crippen LogP contribution in [0.15, 0.2) is 12.4 Å². The lowest BCUT2D eigenvalue weighted by Gasteiger charge is -2.25. The van der Waals surface area contributed by atoms with Gasteiger partial charge in [-0.1, -0.05) is 0 Å². The Hall–Kier alpha value is -1.11. The molecule has 0 saturated carbocycles. The number of nitrogens with zero attached hydrogens (tertiary/aromatic N) is 3. The van der Waals surface area contributed by atoms with Crippen LogP contribution in [-0.2, 0) is 16.6 Å². The molecule has 1 amide bonds. The second-order valence-corrected chi connectivity index (χ2v) is 5.98.